The zero-order chi connectivity index (χ0) is 9.84. The average Bonchev–Trinajstić information content (AvgIpc) is 2.16. The standard InChI is InChI=1S/C10H19N3/c1-8-4-3-5-13(9(2)6-11)10(8)7-12/h8-10H,3-5,7,12H2,1-2H3. The molecule has 2 N–H and O–H groups in total. The number of nitriles is 1. The molecule has 0 aromatic heterocycles. The second kappa shape index (κ2) is 4.59. The van der Waals surface area contributed by atoms with E-state index in [1.54, 1.807) is 0 Å². The monoisotopic (exact) mass is 181 g/mol. The fourth-order valence-electron chi connectivity index (χ4n) is 2.20. The lowest BCUT2D eigenvalue weighted by atomic mass is 9.90. The zero-order valence-electron chi connectivity index (χ0n) is 8.53. The van der Waals surface area contributed by atoms with Crippen LogP contribution in [-0.4, -0.2) is 30.1 Å². The van der Waals surface area contributed by atoms with E-state index in [-0.39, 0.29) is 6.04 Å². The maximum atomic E-state index is 8.85. The van der Waals surface area contributed by atoms with Crippen LogP contribution in [0, 0.1) is 17.2 Å². The molecule has 1 aliphatic rings. The van der Waals surface area contributed by atoms with Crippen LogP contribution in [0.1, 0.15) is 26.7 Å². The Morgan fingerprint density at radius 3 is 2.92 bits per heavy atom. The summed E-state index contributed by atoms with van der Waals surface area (Å²) in [6, 6.07) is 2.71. The predicted molar refractivity (Wildman–Crippen MR) is 53.0 cm³/mol. The summed E-state index contributed by atoms with van der Waals surface area (Å²) in [4.78, 5) is 2.24. The highest BCUT2D eigenvalue weighted by Crippen LogP contribution is 2.24. The fraction of sp³-hybridized carbons (Fsp3) is 0.900. The van der Waals surface area contributed by atoms with Crippen molar-refractivity contribution in [2.24, 2.45) is 11.7 Å². The van der Waals surface area contributed by atoms with Gasteiger partial charge in [-0.05, 0) is 32.2 Å². The van der Waals surface area contributed by atoms with Crippen LogP contribution < -0.4 is 5.73 Å². The van der Waals surface area contributed by atoms with Gasteiger partial charge in [-0.25, -0.2) is 0 Å². The Bertz CT molecular complexity index is 197. The maximum Gasteiger partial charge on any atom is 0.0952 e. The van der Waals surface area contributed by atoms with Gasteiger partial charge in [0.2, 0.25) is 0 Å². The molecule has 0 spiro atoms. The lowest BCUT2D eigenvalue weighted by molar-refractivity contribution is 0.0894. The highest BCUT2D eigenvalue weighted by Gasteiger charge is 2.30. The van der Waals surface area contributed by atoms with E-state index >= 15 is 0 Å². The molecule has 1 aliphatic heterocycles. The third kappa shape index (κ3) is 2.20. The van der Waals surface area contributed by atoms with Gasteiger partial charge in [0.15, 0.2) is 0 Å². The molecule has 13 heavy (non-hydrogen) atoms. The summed E-state index contributed by atoms with van der Waals surface area (Å²) in [6.45, 7) is 5.89. The minimum Gasteiger partial charge on any atom is -0.329 e. The second-order valence-corrected chi connectivity index (χ2v) is 3.97. The minimum atomic E-state index is 0.0105. The van der Waals surface area contributed by atoms with Gasteiger partial charge >= 0.3 is 0 Å². The molecule has 0 radical (unpaired) electrons. The summed E-state index contributed by atoms with van der Waals surface area (Å²) < 4.78 is 0. The van der Waals surface area contributed by atoms with Gasteiger partial charge in [-0.3, -0.25) is 4.90 Å². The maximum absolute atomic E-state index is 8.85. The summed E-state index contributed by atoms with van der Waals surface area (Å²) >= 11 is 0. The number of likely N-dealkylation sites (tertiary alicyclic amines) is 1. The van der Waals surface area contributed by atoms with E-state index in [4.69, 9.17) is 11.0 Å². The van der Waals surface area contributed by atoms with Gasteiger partial charge in [-0.2, -0.15) is 5.26 Å². The van der Waals surface area contributed by atoms with Crippen LogP contribution in [0.2, 0.25) is 0 Å². The second-order valence-electron chi connectivity index (χ2n) is 3.97. The Kier molecular flexibility index (Phi) is 3.71. The zero-order valence-corrected chi connectivity index (χ0v) is 8.53. The van der Waals surface area contributed by atoms with E-state index < -0.39 is 0 Å². The molecular weight excluding hydrogens is 162 g/mol. The quantitative estimate of drug-likeness (QED) is 0.690. The number of piperidine rings is 1. The third-order valence-electron chi connectivity index (χ3n) is 3.08. The Morgan fingerprint density at radius 1 is 1.69 bits per heavy atom. The van der Waals surface area contributed by atoms with Gasteiger partial charge < -0.3 is 5.73 Å². The molecule has 1 saturated heterocycles. The van der Waals surface area contributed by atoms with Crippen molar-refractivity contribution in [1.29, 1.82) is 5.26 Å². The Morgan fingerprint density at radius 2 is 2.38 bits per heavy atom. The van der Waals surface area contributed by atoms with Gasteiger partial charge in [0, 0.05) is 12.6 Å². The normalized spacial score (nSPS) is 32.5. The Labute approximate surface area is 80.5 Å². The number of hydrogen-bond acceptors (Lipinski definition) is 3. The van der Waals surface area contributed by atoms with Gasteiger partial charge in [0.1, 0.15) is 0 Å². The Balaban J connectivity index is 2.65. The van der Waals surface area contributed by atoms with E-state index in [1.807, 2.05) is 6.92 Å². The molecular formula is C10H19N3. The van der Waals surface area contributed by atoms with Crippen LogP contribution in [0.3, 0.4) is 0 Å². The summed E-state index contributed by atoms with van der Waals surface area (Å²) in [6.07, 6.45) is 2.44. The first kappa shape index (κ1) is 10.5. The molecule has 1 rings (SSSR count). The van der Waals surface area contributed by atoms with E-state index in [1.165, 1.54) is 12.8 Å². The lowest BCUT2D eigenvalue weighted by Crippen LogP contribution is -2.51. The van der Waals surface area contributed by atoms with Crippen molar-refractivity contribution in [3.8, 4) is 6.07 Å². The first-order valence-electron chi connectivity index (χ1n) is 5.06. The van der Waals surface area contributed by atoms with Crippen LogP contribution in [0.15, 0.2) is 0 Å². The molecule has 74 valence electrons. The topological polar surface area (TPSA) is 53.0 Å². The molecule has 1 fully saturated rings. The van der Waals surface area contributed by atoms with E-state index in [0.29, 0.717) is 18.5 Å². The molecule has 0 aromatic rings. The van der Waals surface area contributed by atoms with E-state index in [2.05, 4.69) is 17.9 Å². The van der Waals surface area contributed by atoms with Gasteiger partial charge in [0.05, 0.1) is 12.1 Å². The molecule has 0 saturated carbocycles. The summed E-state index contributed by atoms with van der Waals surface area (Å²) in [5.74, 6) is 0.634. The SMILES string of the molecule is CC1CCCN(C(C)C#N)C1CN. The lowest BCUT2D eigenvalue weighted by Gasteiger charge is -2.40. The first-order valence-corrected chi connectivity index (χ1v) is 5.06. The fourth-order valence-corrected chi connectivity index (χ4v) is 2.20. The van der Waals surface area contributed by atoms with Crippen LogP contribution in [-0.2, 0) is 0 Å². The Hall–Kier alpha value is -0.590. The average molecular weight is 181 g/mol. The first-order chi connectivity index (χ1) is 6.20. The largest absolute Gasteiger partial charge is 0.329 e. The molecule has 3 unspecified atom stereocenters. The molecule has 3 nitrogen and oxygen atoms in total. The highest BCUT2D eigenvalue weighted by atomic mass is 15.2. The third-order valence-corrected chi connectivity index (χ3v) is 3.08. The van der Waals surface area contributed by atoms with Crippen LogP contribution in [0.4, 0.5) is 0 Å². The molecule has 3 atom stereocenters. The van der Waals surface area contributed by atoms with Gasteiger partial charge in [0.25, 0.3) is 0 Å². The number of nitrogens with two attached hydrogens (primary N) is 1. The number of rotatable bonds is 2. The number of hydrogen-bond donors (Lipinski definition) is 1. The molecule has 3 heteroatoms. The van der Waals surface area contributed by atoms with Crippen LogP contribution in [0.25, 0.3) is 0 Å². The summed E-state index contributed by atoms with van der Waals surface area (Å²) in [7, 11) is 0. The van der Waals surface area contributed by atoms with Gasteiger partial charge in [-0.15, -0.1) is 0 Å². The van der Waals surface area contributed by atoms with Crippen LogP contribution >= 0.6 is 0 Å². The van der Waals surface area contributed by atoms with Crippen molar-refractivity contribution in [3.63, 3.8) is 0 Å². The van der Waals surface area contributed by atoms with Crippen LogP contribution in [0.5, 0.6) is 0 Å². The van der Waals surface area contributed by atoms with E-state index in [9.17, 15) is 0 Å². The van der Waals surface area contributed by atoms with Crippen molar-refractivity contribution in [3.05, 3.63) is 0 Å². The van der Waals surface area contributed by atoms with Crippen molar-refractivity contribution >= 4 is 0 Å². The van der Waals surface area contributed by atoms with Crippen molar-refractivity contribution in [1.82, 2.24) is 4.90 Å². The summed E-state index contributed by atoms with van der Waals surface area (Å²) in [5, 5.41) is 8.85. The number of nitrogens with zero attached hydrogens (tertiary/aromatic N) is 2. The molecule has 0 aliphatic carbocycles. The van der Waals surface area contributed by atoms with Crippen molar-refractivity contribution in [2.75, 3.05) is 13.1 Å². The van der Waals surface area contributed by atoms with Crippen molar-refractivity contribution in [2.45, 2.75) is 38.8 Å². The molecule has 0 bridgehead atoms. The predicted octanol–water partition coefficient (Wildman–Crippen LogP) is 0.958. The minimum absolute atomic E-state index is 0.0105. The molecule has 0 amide bonds. The molecule has 1 heterocycles. The smallest absolute Gasteiger partial charge is 0.0952 e. The molecule has 0 aromatic carbocycles. The summed E-state index contributed by atoms with van der Waals surface area (Å²) in [5.41, 5.74) is 5.73. The van der Waals surface area contributed by atoms with Gasteiger partial charge in [-0.1, -0.05) is 6.92 Å². The highest BCUT2D eigenvalue weighted by molar-refractivity contribution is 4.94. The van der Waals surface area contributed by atoms with E-state index in [0.717, 1.165) is 6.54 Å². The van der Waals surface area contributed by atoms with Crippen molar-refractivity contribution < 1.29 is 0 Å².